The van der Waals surface area contributed by atoms with Gasteiger partial charge < -0.3 is 5.32 Å². The minimum Gasteiger partial charge on any atom is -0.309 e. The molecule has 0 amide bonds. The van der Waals surface area contributed by atoms with Crippen molar-refractivity contribution >= 4 is 0 Å². The second-order valence-electron chi connectivity index (χ2n) is 5.13. The molecule has 0 radical (unpaired) electrons. The van der Waals surface area contributed by atoms with E-state index in [-0.39, 0.29) is 11.9 Å². The lowest BCUT2D eigenvalue weighted by molar-refractivity contribution is 0.615. The van der Waals surface area contributed by atoms with Crippen LogP contribution in [0.15, 0.2) is 36.4 Å². The number of nitrogens with one attached hydrogen (secondary N) is 1. The van der Waals surface area contributed by atoms with Crippen molar-refractivity contribution in [3.63, 3.8) is 0 Å². The normalized spacial score (nSPS) is 12.5. The zero-order valence-corrected chi connectivity index (χ0v) is 11.9. The zero-order valence-electron chi connectivity index (χ0n) is 11.9. The number of hydrogen-bond donors (Lipinski definition) is 1. The summed E-state index contributed by atoms with van der Waals surface area (Å²) in [6.07, 6.45) is 0. The SMILES string of the molecule is CNC(c1cc(C)cc(F)c1)c1ccc(C)c(C)c1. The van der Waals surface area contributed by atoms with Gasteiger partial charge in [0.1, 0.15) is 5.82 Å². The molecule has 0 saturated heterocycles. The third kappa shape index (κ3) is 3.02. The van der Waals surface area contributed by atoms with E-state index in [1.54, 1.807) is 12.1 Å². The average molecular weight is 257 g/mol. The van der Waals surface area contributed by atoms with Crippen LogP contribution in [-0.4, -0.2) is 7.05 Å². The highest BCUT2D eigenvalue weighted by molar-refractivity contribution is 5.38. The van der Waals surface area contributed by atoms with Gasteiger partial charge in [0.05, 0.1) is 6.04 Å². The molecule has 0 bridgehead atoms. The first-order chi connectivity index (χ1) is 9.01. The fourth-order valence-corrected chi connectivity index (χ4v) is 2.40. The third-order valence-electron chi connectivity index (χ3n) is 3.55. The first kappa shape index (κ1) is 13.8. The molecule has 0 spiro atoms. The molecule has 0 heterocycles. The summed E-state index contributed by atoms with van der Waals surface area (Å²) in [5.41, 5.74) is 5.60. The van der Waals surface area contributed by atoms with Crippen molar-refractivity contribution in [3.05, 3.63) is 70.0 Å². The predicted molar refractivity (Wildman–Crippen MR) is 78.0 cm³/mol. The van der Waals surface area contributed by atoms with Crippen LogP contribution in [0.5, 0.6) is 0 Å². The zero-order chi connectivity index (χ0) is 14.0. The summed E-state index contributed by atoms with van der Waals surface area (Å²) in [6, 6.07) is 11.6. The number of aryl methyl sites for hydroxylation is 3. The first-order valence-corrected chi connectivity index (χ1v) is 6.53. The van der Waals surface area contributed by atoms with Crippen molar-refractivity contribution in [2.24, 2.45) is 0 Å². The molecule has 19 heavy (non-hydrogen) atoms. The summed E-state index contributed by atoms with van der Waals surface area (Å²) >= 11 is 0. The lowest BCUT2D eigenvalue weighted by atomic mass is 9.95. The Balaban J connectivity index is 2.46. The van der Waals surface area contributed by atoms with Crippen LogP contribution in [0.4, 0.5) is 4.39 Å². The molecule has 1 unspecified atom stereocenters. The summed E-state index contributed by atoms with van der Waals surface area (Å²) in [5.74, 6) is -0.181. The van der Waals surface area contributed by atoms with E-state index in [4.69, 9.17) is 0 Å². The highest BCUT2D eigenvalue weighted by Crippen LogP contribution is 2.25. The molecule has 1 N–H and O–H groups in total. The minimum atomic E-state index is -0.181. The number of rotatable bonds is 3. The van der Waals surface area contributed by atoms with Gasteiger partial charge in [-0.1, -0.05) is 24.3 Å². The molecule has 0 aliphatic carbocycles. The van der Waals surface area contributed by atoms with Gasteiger partial charge in [-0.2, -0.15) is 0 Å². The summed E-state index contributed by atoms with van der Waals surface area (Å²) in [4.78, 5) is 0. The number of halogens is 1. The molecular formula is C17H20FN. The highest BCUT2D eigenvalue weighted by Gasteiger charge is 2.13. The van der Waals surface area contributed by atoms with Crippen molar-refractivity contribution in [1.29, 1.82) is 0 Å². The minimum absolute atomic E-state index is 0.0219. The molecule has 2 aromatic rings. The van der Waals surface area contributed by atoms with Gasteiger partial charge in [-0.25, -0.2) is 4.39 Å². The highest BCUT2D eigenvalue weighted by atomic mass is 19.1. The quantitative estimate of drug-likeness (QED) is 0.874. The summed E-state index contributed by atoms with van der Waals surface area (Å²) in [5, 5.41) is 3.27. The predicted octanol–water partition coefficient (Wildman–Crippen LogP) is 4.06. The fraction of sp³-hybridized carbons (Fsp3) is 0.294. The first-order valence-electron chi connectivity index (χ1n) is 6.53. The van der Waals surface area contributed by atoms with Gasteiger partial charge in [0, 0.05) is 0 Å². The van der Waals surface area contributed by atoms with Gasteiger partial charge in [0.15, 0.2) is 0 Å². The van der Waals surface area contributed by atoms with Gasteiger partial charge in [-0.15, -0.1) is 0 Å². The maximum Gasteiger partial charge on any atom is 0.123 e. The molecule has 2 aromatic carbocycles. The van der Waals surface area contributed by atoms with E-state index in [9.17, 15) is 4.39 Å². The topological polar surface area (TPSA) is 12.0 Å². The monoisotopic (exact) mass is 257 g/mol. The van der Waals surface area contributed by atoms with E-state index >= 15 is 0 Å². The summed E-state index contributed by atoms with van der Waals surface area (Å²) in [7, 11) is 1.90. The van der Waals surface area contributed by atoms with E-state index in [1.165, 1.54) is 11.1 Å². The molecule has 0 aromatic heterocycles. The molecule has 0 saturated carbocycles. The second-order valence-corrected chi connectivity index (χ2v) is 5.13. The van der Waals surface area contributed by atoms with Crippen LogP contribution < -0.4 is 5.32 Å². The van der Waals surface area contributed by atoms with E-state index in [1.807, 2.05) is 20.0 Å². The van der Waals surface area contributed by atoms with Crippen LogP contribution in [0.2, 0.25) is 0 Å². The van der Waals surface area contributed by atoms with Crippen molar-refractivity contribution in [1.82, 2.24) is 5.32 Å². The second kappa shape index (κ2) is 5.54. The average Bonchev–Trinajstić information content (AvgIpc) is 2.33. The lowest BCUT2D eigenvalue weighted by Gasteiger charge is -2.19. The van der Waals surface area contributed by atoms with Crippen molar-refractivity contribution < 1.29 is 4.39 Å². The Morgan fingerprint density at radius 2 is 1.63 bits per heavy atom. The molecule has 2 heteroatoms. The number of benzene rings is 2. The molecule has 100 valence electrons. The molecular weight excluding hydrogens is 237 g/mol. The van der Waals surface area contributed by atoms with Crippen LogP contribution in [-0.2, 0) is 0 Å². The molecule has 0 aliphatic heterocycles. The molecule has 0 aliphatic rings. The van der Waals surface area contributed by atoms with Gasteiger partial charge in [-0.05, 0) is 67.8 Å². The van der Waals surface area contributed by atoms with E-state index in [0.29, 0.717) is 0 Å². The van der Waals surface area contributed by atoms with Crippen LogP contribution >= 0.6 is 0 Å². The van der Waals surface area contributed by atoms with E-state index in [0.717, 1.165) is 16.7 Å². The lowest BCUT2D eigenvalue weighted by Crippen LogP contribution is -2.18. The Morgan fingerprint density at radius 1 is 0.895 bits per heavy atom. The Labute approximate surface area is 114 Å². The van der Waals surface area contributed by atoms with Crippen LogP contribution in [0.1, 0.15) is 33.9 Å². The Hall–Kier alpha value is -1.67. The van der Waals surface area contributed by atoms with Crippen molar-refractivity contribution in [2.75, 3.05) is 7.05 Å². The third-order valence-corrected chi connectivity index (χ3v) is 3.55. The van der Waals surface area contributed by atoms with Gasteiger partial charge in [0.25, 0.3) is 0 Å². The standard InChI is InChI=1S/C17H20FN/c1-11-7-15(10-16(18)8-11)17(19-4)14-6-5-12(2)13(3)9-14/h5-10,17,19H,1-4H3. The van der Waals surface area contributed by atoms with Gasteiger partial charge in [-0.3, -0.25) is 0 Å². The molecule has 2 rings (SSSR count). The fourth-order valence-electron chi connectivity index (χ4n) is 2.40. The van der Waals surface area contributed by atoms with Gasteiger partial charge in [0.2, 0.25) is 0 Å². The van der Waals surface area contributed by atoms with Gasteiger partial charge >= 0.3 is 0 Å². The maximum absolute atomic E-state index is 13.6. The Kier molecular flexibility index (Phi) is 4.01. The smallest absolute Gasteiger partial charge is 0.123 e. The van der Waals surface area contributed by atoms with E-state index < -0.39 is 0 Å². The molecule has 1 nitrogen and oxygen atoms in total. The van der Waals surface area contributed by atoms with Crippen molar-refractivity contribution in [2.45, 2.75) is 26.8 Å². The Bertz CT molecular complexity index is 570. The summed E-state index contributed by atoms with van der Waals surface area (Å²) < 4.78 is 13.6. The van der Waals surface area contributed by atoms with E-state index in [2.05, 4.69) is 37.4 Å². The molecule has 0 fully saturated rings. The maximum atomic E-state index is 13.6. The largest absolute Gasteiger partial charge is 0.309 e. The van der Waals surface area contributed by atoms with Crippen LogP contribution in [0.3, 0.4) is 0 Å². The van der Waals surface area contributed by atoms with Crippen LogP contribution in [0, 0.1) is 26.6 Å². The number of hydrogen-bond acceptors (Lipinski definition) is 1. The Morgan fingerprint density at radius 3 is 2.21 bits per heavy atom. The summed E-state index contributed by atoms with van der Waals surface area (Å²) in [6.45, 7) is 6.11. The molecule has 1 atom stereocenters. The van der Waals surface area contributed by atoms with Crippen LogP contribution in [0.25, 0.3) is 0 Å². The van der Waals surface area contributed by atoms with Crippen molar-refractivity contribution in [3.8, 4) is 0 Å².